The van der Waals surface area contributed by atoms with Crippen LogP contribution in [0.25, 0.3) is 0 Å². The zero-order valence-corrected chi connectivity index (χ0v) is 14.7. The Balaban J connectivity index is 2.11. The summed E-state index contributed by atoms with van der Waals surface area (Å²) in [4.78, 5) is 4.70. The minimum absolute atomic E-state index is 0.895. The van der Waals surface area contributed by atoms with Crippen molar-refractivity contribution in [1.29, 1.82) is 0 Å². The van der Waals surface area contributed by atoms with E-state index in [4.69, 9.17) is 4.74 Å². The van der Waals surface area contributed by atoms with E-state index in [1.807, 2.05) is 12.1 Å². The van der Waals surface area contributed by atoms with Crippen LogP contribution in [0.15, 0.2) is 48.5 Å². The number of methoxy groups -OCH3 is 1. The fourth-order valence-corrected chi connectivity index (χ4v) is 2.58. The molecule has 3 heteroatoms. The average Bonchev–Trinajstić information content (AvgIpc) is 2.55. The highest BCUT2D eigenvalue weighted by Crippen LogP contribution is 2.20. The lowest BCUT2D eigenvalue weighted by atomic mass is 10.1. The minimum atomic E-state index is 0.895. The summed E-state index contributed by atoms with van der Waals surface area (Å²) in [7, 11) is 5.98. The molecule has 0 aromatic heterocycles. The van der Waals surface area contributed by atoms with Crippen molar-refractivity contribution in [3.8, 4) is 5.75 Å². The topological polar surface area (TPSA) is 15.7 Å². The molecule has 124 valence electrons. The van der Waals surface area contributed by atoms with Crippen molar-refractivity contribution in [3.05, 3.63) is 65.2 Å². The van der Waals surface area contributed by atoms with Gasteiger partial charge in [-0.1, -0.05) is 48.0 Å². The third kappa shape index (κ3) is 5.70. The molecule has 0 radical (unpaired) electrons. The molecule has 0 atom stereocenters. The molecule has 0 N–H and O–H groups in total. The smallest absolute Gasteiger partial charge is 0.123 e. The number of benzene rings is 2. The summed E-state index contributed by atoms with van der Waals surface area (Å²) >= 11 is 0. The zero-order valence-electron chi connectivity index (χ0n) is 14.7. The van der Waals surface area contributed by atoms with Gasteiger partial charge in [0, 0.05) is 31.7 Å². The van der Waals surface area contributed by atoms with Crippen molar-refractivity contribution in [1.82, 2.24) is 9.80 Å². The highest BCUT2D eigenvalue weighted by molar-refractivity contribution is 5.33. The van der Waals surface area contributed by atoms with Crippen molar-refractivity contribution in [2.45, 2.75) is 20.0 Å². The predicted octanol–water partition coefficient (Wildman–Crippen LogP) is 3.57. The fourth-order valence-electron chi connectivity index (χ4n) is 2.58. The van der Waals surface area contributed by atoms with Gasteiger partial charge in [-0.3, -0.25) is 4.90 Å². The van der Waals surface area contributed by atoms with Crippen molar-refractivity contribution in [2.75, 3.05) is 34.3 Å². The maximum Gasteiger partial charge on any atom is 0.123 e. The molecule has 0 heterocycles. The van der Waals surface area contributed by atoms with Crippen LogP contribution >= 0.6 is 0 Å². The van der Waals surface area contributed by atoms with Crippen LogP contribution in [0, 0.1) is 6.92 Å². The molecule has 3 nitrogen and oxygen atoms in total. The molecule has 0 aliphatic carbocycles. The first kappa shape index (κ1) is 17.5. The van der Waals surface area contributed by atoms with E-state index < -0.39 is 0 Å². The first-order valence-electron chi connectivity index (χ1n) is 8.13. The summed E-state index contributed by atoms with van der Waals surface area (Å²) in [6, 6.07) is 17.1. The van der Waals surface area contributed by atoms with Crippen LogP contribution in [0.5, 0.6) is 5.75 Å². The van der Waals surface area contributed by atoms with Crippen LogP contribution in [-0.2, 0) is 13.1 Å². The third-order valence-electron chi connectivity index (χ3n) is 3.98. The molecule has 0 unspecified atom stereocenters. The van der Waals surface area contributed by atoms with Gasteiger partial charge in [-0.05, 0) is 32.6 Å². The van der Waals surface area contributed by atoms with Crippen LogP contribution in [0.3, 0.4) is 0 Å². The quantitative estimate of drug-likeness (QED) is 0.741. The second-order valence-electron chi connectivity index (χ2n) is 6.31. The fraction of sp³-hybridized carbons (Fsp3) is 0.400. The van der Waals surface area contributed by atoms with Crippen LogP contribution in [0.2, 0.25) is 0 Å². The number of ether oxygens (including phenoxy) is 1. The Bertz CT molecular complexity index is 593. The highest BCUT2D eigenvalue weighted by Gasteiger charge is 2.11. The number of rotatable bonds is 8. The van der Waals surface area contributed by atoms with E-state index in [0.29, 0.717) is 0 Å². The van der Waals surface area contributed by atoms with E-state index in [1.165, 1.54) is 16.7 Å². The van der Waals surface area contributed by atoms with E-state index in [0.717, 1.165) is 31.9 Å². The maximum atomic E-state index is 5.50. The Labute approximate surface area is 140 Å². The SMILES string of the molecule is COc1ccccc1CN(CCN(C)C)Cc1ccc(C)cc1. The standard InChI is InChI=1S/C20H28N2O/c1-17-9-11-18(12-10-17)15-22(14-13-21(2)3)16-19-7-5-6-8-20(19)23-4/h5-12H,13-16H2,1-4H3. The lowest BCUT2D eigenvalue weighted by Crippen LogP contribution is -2.31. The molecular weight excluding hydrogens is 284 g/mol. The second-order valence-corrected chi connectivity index (χ2v) is 6.31. The Kier molecular flexibility index (Phi) is 6.63. The molecule has 2 rings (SSSR count). The molecule has 0 aliphatic rings. The molecule has 0 saturated heterocycles. The monoisotopic (exact) mass is 312 g/mol. The summed E-state index contributed by atoms with van der Waals surface area (Å²) < 4.78 is 5.50. The molecule has 0 spiro atoms. The number of likely N-dealkylation sites (N-methyl/N-ethyl adjacent to an activating group) is 1. The Morgan fingerprint density at radius 2 is 1.57 bits per heavy atom. The van der Waals surface area contributed by atoms with Crippen LogP contribution in [0.4, 0.5) is 0 Å². The summed E-state index contributed by atoms with van der Waals surface area (Å²) in [5, 5.41) is 0. The number of hydrogen-bond donors (Lipinski definition) is 0. The lowest BCUT2D eigenvalue weighted by molar-refractivity contribution is 0.223. The van der Waals surface area contributed by atoms with E-state index >= 15 is 0 Å². The summed E-state index contributed by atoms with van der Waals surface area (Å²) in [6.07, 6.45) is 0. The molecule has 2 aromatic carbocycles. The molecule has 23 heavy (non-hydrogen) atoms. The van der Waals surface area contributed by atoms with Crippen LogP contribution in [0.1, 0.15) is 16.7 Å². The van der Waals surface area contributed by atoms with Gasteiger partial charge in [-0.15, -0.1) is 0 Å². The van der Waals surface area contributed by atoms with Gasteiger partial charge in [0.1, 0.15) is 5.75 Å². The molecule has 0 amide bonds. The zero-order chi connectivity index (χ0) is 16.7. The molecule has 0 fully saturated rings. The Hall–Kier alpha value is -1.84. The Morgan fingerprint density at radius 3 is 2.22 bits per heavy atom. The van der Waals surface area contributed by atoms with Crippen molar-refractivity contribution >= 4 is 0 Å². The van der Waals surface area contributed by atoms with Gasteiger partial charge >= 0.3 is 0 Å². The second kappa shape index (κ2) is 8.70. The molecule has 2 aromatic rings. The van der Waals surface area contributed by atoms with Gasteiger partial charge < -0.3 is 9.64 Å². The van der Waals surface area contributed by atoms with Crippen molar-refractivity contribution in [2.24, 2.45) is 0 Å². The van der Waals surface area contributed by atoms with Gasteiger partial charge in [0.05, 0.1) is 7.11 Å². The van der Waals surface area contributed by atoms with Gasteiger partial charge in [-0.25, -0.2) is 0 Å². The number of para-hydroxylation sites is 1. The lowest BCUT2D eigenvalue weighted by Gasteiger charge is -2.25. The largest absolute Gasteiger partial charge is 0.496 e. The van der Waals surface area contributed by atoms with Gasteiger partial charge in [-0.2, -0.15) is 0 Å². The van der Waals surface area contributed by atoms with E-state index in [2.05, 4.69) is 67.2 Å². The minimum Gasteiger partial charge on any atom is -0.496 e. The first-order chi connectivity index (χ1) is 11.1. The summed E-state index contributed by atoms with van der Waals surface area (Å²) in [5.74, 6) is 0.964. The van der Waals surface area contributed by atoms with Crippen LogP contribution in [-0.4, -0.2) is 44.1 Å². The first-order valence-corrected chi connectivity index (χ1v) is 8.13. The molecule has 0 aliphatic heterocycles. The third-order valence-corrected chi connectivity index (χ3v) is 3.98. The molecule has 0 saturated carbocycles. The predicted molar refractivity (Wildman–Crippen MR) is 96.8 cm³/mol. The van der Waals surface area contributed by atoms with E-state index in [9.17, 15) is 0 Å². The molecule has 0 bridgehead atoms. The van der Waals surface area contributed by atoms with Gasteiger partial charge in [0.25, 0.3) is 0 Å². The number of nitrogens with zero attached hydrogens (tertiary/aromatic N) is 2. The maximum absolute atomic E-state index is 5.50. The van der Waals surface area contributed by atoms with Gasteiger partial charge in [0.2, 0.25) is 0 Å². The number of hydrogen-bond acceptors (Lipinski definition) is 3. The molecular formula is C20H28N2O. The van der Waals surface area contributed by atoms with E-state index in [1.54, 1.807) is 7.11 Å². The van der Waals surface area contributed by atoms with Gasteiger partial charge in [0.15, 0.2) is 0 Å². The normalized spacial score (nSPS) is 11.2. The van der Waals surface area contributed by atoms with E-state index in [-0.39, 0.29) is 0 Å². The van der Waals surface area contributed by atoms with Crippen molar-refractivity contribution < 1.29 is 4.74 Å². The highest BCUT2D eigenvalue weighted by atomic mass is 16.5. The average molecular weight is 312 g/mol. The van der Waals surface area contributed by atoms with Crippen molar-refractivity contribution in [3.63, 3.8) is 0 Å². The summed E-state index contributed by atoms with van der Waals surface area (Å²) in [6.45, 7) is 6.04. The number of aryl methyl sites for hydroxylation is 1. The summed E-state index contributed by atoms with van der Waals surface area (Å²) in [5.41, 5.74) is 3.89. The Morgan fingerprint density at radius 1 is 0.870 bits per heavy atom. The van der Waals surface area contributed by atoms with Crippen LogP contribution < -0.4 is 4.74 Å².